The van der Waals surface area contributed by atoms with Crippen LogP contribution < -0.4 is 11.7 Å². The van der Waals surface area contributed by atoms with Crippen LogP contribution in [0.5, 0.6) is 0 Å². The van der Waals surface area contributed by atoms with E-state index in [0.29, 0.717) is 6.42 Å². The molecule has 5 heteroatoms. The number of hydrogen-bond acceptors (Lipinski definition) is 4. The summed E-state index contributed by atoms with van der Waals surface area (Å²) in [6, 6.07) is 0. The molecule has 0 fully saturated rings. The van der Waals surface area contributed by atoms with E-state index in [4.69, 9.17) is 11.7 Å². The van der Waals surface area contributed by atoms with Crippen molar-refractivity contribution in [2.45, 2.75) is 133 Å². The highest BCUT2D eigenvalue weighted by molar-refractivity contribution is 5.82. The lowest BCUT2D eigenvalue weighted by molar-refractivity contribution is -0.150. The largest absolute Gasteiger partial charge is 0.275 e. The summed E-state index contributed by atoms with van der Waals surface area (Å²) in [5.74, 6) is 13.0. The predicted octanol–water partition coefficient (Wildman–Crippen LogP) is 5.49. The molecule has 0 unspecified atom stereocenters. The molecule has 0 rings (SSSR count). The van der Waals surface area contributed by atoms with E-state index < -0.39 is 11.0 Å². The number of carbonyl (C=O) groups is 1. The quantitative estimate of drug-likeness (QED) is 0.314. The summed E-state index contributed by atoms with van der Waals surface area (Å²) in [7, 11) is 0. The van der Waals surface area contributed by atoms with Gasteiger partial charge >= 0.3 is 0 Å². The van der Waals surface area contributed by atoms with Crippen molar-refractivity contribution in [2.75, 3.05) is 0 Å². The summed E-state index contributed by atoms with van der Waals surface area (Å²) in [6.45, 7) is 29.8. The van der Waals surface area contributed by atoms with Gasteiger partial charge in [0.2, 0.25) is 5.91 Å². The van der Waals surface area contributed by atoms with E-state index in [1.54, 1.807) is 0 Å². The number of carbonyl (C=O) groups excluding carboxylic acids is 1. The number of nitrogens with zero attached hydrogens (tertiary/aromatic N) is 2. The number of hydrogen-bond donors (Lipinski definition) is 2. The monoisotopic (exact) mass is 412 g/mol. The van der Waals surface area contributed by atoms with E-state index in [2.05, 4.69) is 69.2 Å². The zero-order valence-corrected chi connectivity index (χ0v) is 22.1. The van der Waals surface area contributed by atoms with E-state index in [9.17, 15) is 4.79 Å². The number of nitrogens with two attached hydrogens (primary N) is 2. The van der Waals surface area contributed by atoms with Crippen LogP contribution in [-0.2, 0) is 4.79 Å². The summed E-state index contributed by atoms with van der Waals surface area (Å²) in [5.41, 5.74) is -1.39. The first-order valence-electron chi connectivity index (χ1n) is 11.0. The van der Waals surface area contributed by atoms with Crippen molar-refractivity contribution in [3.8, 4) is 0 Å². The van der Waals surface area contributed by atoms with Crippen LogP contribution in [0.2, 0.25) is 0 Å². The number of hydrazine groups is 2. The summed E-state index contributed by atoms with van der Waals surface area (Å²) in [4.78, 5) is 13.4. The predicted molar refractivity (Wildman–Crippen MR) is 126 cm³/mol. The second-order valence-corrected chi connectivity index (χ2v) is 14.0. The standard InChI is InChI=1S/C24H52N4O/c1-19(2,3)15-22(9,10)27(25)18(29)21(7,8)17-24(13,14)28(26)23(11,12)16-20(4,5)6/h15-17,25-26H2,1-14H3. The molecule has 0 aromatic heterocycles. The fraction of sp³-hybridized carbons (Fsp3) is 0.958. The fourth-order valence-electron chi connectivity index (χ4n) is 5.43. The van der Waals surface area contributed by atoms with E-state index in [-0.39, 0.29) is 27.8 Å². The highest BCUT2D eigenvalue weighted by Gasteiger charge is 2.46. The Morgan fingerprint density at radius 2 is 0.897 bits per heavy atom. The first kappa shape index (κ1) is 28.4. The molecule has 0 aliphatic carbocycles. The Morgan fingerprint density at radius 1 is 0.586 bits per heavy atom. The normalized spacial score (nSPS) is 15.1. The highest BCUT2D eigenvalue weighted by Crippen LogP contribution is 2.40. The van der Waals surface area contributed by atoms with Crippen LogP contribution in [0.4, 0.5) is 0 Å². The average Bonchev–Trinajstić information content (AvgIpc) is 2.38. The van der Waals surface area contributed by atoms with Crippen LogP contribution in [0.15, 0.2) is 0 Å². The van der Waals surface area contributed by atoms with Gasteiger partial charge in [0.05, 0.1) is 5.54 Å². The summed E-state index contributed by atoms with van der Waals surface area (Å²) < 4.78 is 0. The lowest BCUT2D eigenvalue weighted by Gasteiger charge is -2.50. The molecule has 0 aliphatic rings. The third-order valence-electron chi connectivity index (χ3n) is 5.55. The number of amides is 1. The maximum atomic E-state index is 13.4. The maximum Gasteiger partial charge on any atom is 0.242 e. The van der Waals surface area contributed by atoms with Gasteiger partial charge in [-0.1, -0.05) is 55.4 Å². The smallest absolute Gasteiger partial charge is 0.242 e. The fourth-order valence-corrected chi connectivity index (χ4v) is 5.43. The zero-order chi connectivity index (χ0) is 23.9. The van der Waals surface area contributed by atoms with Crippen molar-refractivity contribution >= 4 is 5.91 Å². The molecule has 0 bridgehead atoms. The highest BCUT2D eigenvalue weighted by atomic mass is 16.2. The molecule has 0 heterocycles. The van der Waals surface area contributed by atoms with Crippen molar-refractivity contribution in [1.29, 1.82) is 0 Å². The minimum Gasteiger partial charge on any atom is -0.275 e. The molecule has 0 saturated heterocycles. The molecule has 0 aliphatic heterocycles. The molecule has 1 amide bonds. The summed E-state index contributed by atoms with van der Waals surface area (Å²) >= 11 is 0. The zero-order valence-electron chi connectivity index (χ0n) is 22.1. The molecule has 4 N–H and O–H groups in total. The molecule has 0 saturated carbocycles. The Labute approximate surface area is 181 Å². The SMILES string of the molecule is CC(C)(C)CC(C)(C)N(N)C(=O)C(C)(C)CC(C)(C)N(N)C(C)(C)CC(C)(C)C. The summed E-state index contributed by atoms with van der Waals surface area (Å²) in [6.07, 6.45) is 2.39. The minimum atomic E-state index is -0.636. The van der Waals surface area contributed by atoms with Gasteiger partial charge in [0.25, 0.3) is 0 Å². The van der Waals surface area contributed by atoms with Crippen LogP contribution in [0, 0.1) is 16.2 Å². The lowest BCUT2D eigenvalue weighted by atomic mass is 9.74. The van der Waals surface area contributed by atoms with Crippen LogP contribution >= 0.6 is 0 Å². The van der Waals surface area contributed by atoms with Crippen molar-refractivity contribution < 1.29 is 4.79 Å². The topological polar surface area (TPSA) is 75.6 Å². The molecule has 174 valence electrons. The average molecular weight is 413 g/mol. The molecule has 0 aromatic rings. The Balaban J connectivity index is 5.57. The minimum absolute atomic E-state index is 0.0400. The van der Waals surface area contributed by atoms with Gasteiger partial charge in [-0.25, -0.2) is 10.9 Å². The molecule has 0 aromatic carbocycles. The molecule has 0 atom stereocenters. The molecule has 29 heavy (non-hydrogen) atoms. The van der Waals surface area contributed by atoms with E-state index >= 15 is 0 Å². The maximum absolute atomic E-state index is 13.4. The van der Waals surface area contributed by atoms with E-state index in [1.807, 2.05) is 32.7 Å². The van der Waals surface area contributed by atoms with Gasteiger partial charge in [0, 0.05) is 16.5 Å². The first-order chi connectivity index (χ1) is 12.3. The van der Waals surface area contributed by atoms with Crippen LogP contribution in [0.25, 0.3) is 0 Å². The summed E-state index contributed by atoms with van der Waals surface area (Å²) in [5, 5.41) is 3.40. The molecule has 0 radical (unpaired) electrons. The van der Waals surface area contributed by atoms with Crippen molar-refractivity contribution in [2.24, 2.45) is 27.9 Å². The van der Waals surface area contributed by atoms with Crippen molar-refractivity contribution in [3.63, 3.8) is 0 Å². The van der Waals surface area contributed by atoms with Gasteiger partial charge in [-0.15, -0.1) is 0 Å². The molecule has 0 spiro atoms. The Morgan fingerprint density at radius 3 is 1.24 bits per heavy atom. The van der Waals surface area contributed by atoms with Gasteiger partial charge in [-0.05, 0) is 71.6 Å². The first-order valence-corrected chi connectivity index (χ1v) is 11.0. The third-order valence-corrected chi connectivity index (χ3v) is 5.55. The van der Waals surface area contributed by atoms with Crippen LogP contribution in [0.3, 0.4) is 0 Å². The lowest BCUT2D eigenvalue weighted by Crippen LogP contribution is -2.63. The molecular weight excluding hydrogens is 360 g/mol. The van der Waals surface area contributed by atoms with E-state index in [1.165, 1.54) is 5.01 Å². The Kier molecular flexibility index (Phi) is 8.28. The molecule has 5 nitrogen and oxygen atoms in total. The molecular formula is C24H52N4O. The van der Waals surface area contributed by atoms with Gasteiger partial charge in [-0.3, -0.25) is 15.6 Å². The van der Waals surface area contributed by atoms with Gasteiger partial charge < -0.3 is 0 Å². The Bertz CT molecular complexity index is 562. The van der Waals surface area contributed by atoms with Gasteiger partial charge in [-0.2, -0.15) is 0 Å². The van der Waals surface area contributed by atoms with Crippen molar-refractivity contribution in [1.82, 2.24) is 10.0 Å². The van der Waals surface area contributed by atoms with Crippen LogP contribution in [0.1, 0.15) is 116 Å². The Hall–Kier alpha value is -0.650. The second kappa shape index (κ2) is 8.47. The van der Waals surface area contributed by atoms with Crippen molar-refractivity contribution in [3.05, 3.63) is 0 Å². The van der Waals surface area contributed by atoms with Gasteiger partial charge in [0.15, 0.2) is 0 Å². The second-order valence-electron chi connectivity index (χ2n) is 14.0. The van der Waals surface area contributed by atoms with E-state index in [0.717, 1.165) is 12.8 Å². The van der Waals surface area contributed by atoms with Gasteiger partial charge in [0.1, 0.15) is 0 Å². The third kappa shape index (κ3) is 8.55. The number of rotatable bonds is 8. The van der Waals surface area contributed by atoms with Crippen LogP contribution in [-0.4, -0.2) is 32.5 Å².